The van der Waals surface area contributed by atoms with E-state index in [0.29, 0.717) is 18.1 Å². The molecule has 0 saturated carbocycles. The second kappa shape index (κ2) is 4.26. The summed E-state index contributed by atoms with van der Waals surface area (Å²) in [7, 11) is 0. The van der Waals surface area contributed by atoms with Gasteiger partial charge >= 0.3 is 0 Å². The lowest BCUT2D eigenvalue weighted by Crippen LogP contribution is -2.00. The minimum atomic E-state index is 0.463. The van der Waals surface area contributed by atoms with Gasteiger partial charge in [0.25, 0.3) is 0 Å². The number of aryl methyl sites for hydroxylation is 2. The van der Waals surface area contributed by atoms with E-state index >= 15 is 0 Å². The molecule has 0 aromatic carbocycles. The van der Waals surface area contributed by atoms with Gasteiger partial charge in [-0.15, -0.1) is 0 Å². The van der Waals surface area contributed by atoms with Gasteiger partial charge in [0.15, 0.2) is 0 Å². The third-order valence-electron chi connectivity index (χ3n) is 1.68. The van der Waals surface area contributed by atoms with Gasteiger partial charge in [-0.1, -0.05) is 18.5 Å². The van der Waals surface area contributed by atoms with Crippen LogP contribution in [0.1, 0.15) is 18.9 Å². The van der Waals surface area contributed by atoms with Crippen molar-refractivity contribution in [3.8, 4) is 0 Å². The van der Waals surface area contributed by atoms with Gasteiger partial charge in [-0.2, -0.15) is 5.10 Å². The van der Waals surface area contributed by atoms with Crippen molar-refractivity contribution >= 4 is 17.9 Å². The molecule has 4 heteroatoms. The highest BCUT2D eigenvalue weighted by Gasteiger charge is 2.04. The monoisotopic (exact) mass is 186 g/mol. The first-order valence-electron chi connectivity index (χ1n) is 3.93. The van der Waals surface area contributed by atoms with E-state index in [0.717, 1.165) is 18.3 Å². The molecular formula is C8H11ClN2O. The van der Waals surface area contributed by atoms with Crippen LogP contribution in [0.25, 0.3) is 0 Å². The third kappa shape index (κ3) is 1.85. The first-order chi connectivity index (χ1) is 5.79. The van der Waals surface area contributed by atoms with Crippen molar-refractivity contribution in [1.29, 1.82) is 0 Å². The van der Waals surface area contributed by atoms with E-state index in [-0.39, 0.29) is 0 Å². The molecule has 12 heavy (non-hydrogen) atoms. The van der Waals surface area contributed by atoms with E-state index in [1.807, 2.05) is 6.92 Å². The molecule has 0 unspecified atom stereocenters. The quantitative estimate of drug-likeness (QED) is 0.671. The molecule has 0 aliphatic heterocycles. The molecule has 1 rings (SSSR count). The number of halogens is 1. The standard InChI is InChI=1S/C8H11ClN2O/c1-2-7-6-10-11(8(7)9)4-3-5-12/h5-6H,2-4H2,1H3. The number of carbonyl (C=O) groups is 1. The molecule has 0 saturated heterocycles. The molecule has 0 N–H and O–H groups in total. The van der Waals surface area contributed by atoms with Crippen molar-refractivity contribution in [3.63, 3.8) is 0 Å². The number of carbonyl (C=O) groups excluding carboxylic acids is 1. The van der Waals surface area contributed by atoms with Gasteiger partial charge in [0, 0.05) is 18.5 Å². The fourth-order valence-electron chi connectivity index (χ4n) is 0.977. The lowest BCUT2D eigenvalue weighted by Gasteiger charge is -1.98. The molecular weight excluding hydrogens is 176 g/mol. The Bertz CT molecular complexity index is 270. The largest absolute Gasteiger partial charge is 0.303 e. The molecule has 0 aliphatic carbocycles. The number of aldehydes is 1. The van der Waals surface area contributed by atoms with Crippen molar-refractivity contribution in [3.05, 3.63) is 16.9 Å². The highest BCUT2D eigenvalue weighted by atomic mass is 35.5. The van der Waals surface area contributed by atoms with Crippen LogP contribution in [0.4, 0.5) is 0 Å². The summed E-state index contributed by atoms with van der Waals surface area (Å²) in [5.74, 6) is 0. The summed E-state index contributed by atoms with van der Waals surface area (Å²) < 4.78 is 1.65. The van der Waals surface area contributed by atoms with Crippen LogP contribution in [0.3, 0.4) is 0 Å². The minimum Gasteiger partial charge on any atom is -0.303 e. The van der Waals surface area contributed by atoms with Crippen molar-refractivity contribution in [2.45, 2.75) is 26.3 Å². The SMILES string of the molecule is CCc1cnn(CCC=O)c1Cl. The first kappa shape index (κ1) is 9.26. The van der Waals surface area contributed by atoms with E-state index in [9.17, 15) is 4.79 Å². The number of rotatable bonds is 4. The second-order valence-corrected chi connectivity index (χ2v) is 2.85. The van der Waals surface area contributed by atoms with Crippen LogP contribution in [0, 0.1) is 0 Å². The zero-order valence-electron chi connectivity index (χ0n) is 6.96. The second-order valence-electron chi connectivity index (χ2n) is 2.49. The highest BCUT2D eigenvalue weighted by molar-refractivity contribution is 6.30. The van der Waals surface area contributed by atoms with Crippen LogP contribution in [0.15, 0.2) is 6.20 Å². The summed E-state index contributed by atoms with van der Waals surface area (Å²) in [5, 5.41) is 4.70. The highest BCUT2D eigenvalue weighted by Crippen LogP contribution is 2.15. The Balaban J connectivity index is 2.72. The van der Waals surface area contributed by atoms with Crippen molar-refractivity contribution in [2.75, 3.05) is 0 Å². The van der Waals surface area contributed by atoms with Gasteiger partial charge < -0.3 is 4.79 Å². The molecule has 0 spiro atoms. The topological polar surface area (TPSA) is 34.9 Å². The van der Waals surface area contributed by atoms with Crippen LogP contribution in [-0.2, 0) is 17.8 Å². The molecule has 3 nitrogen and oxygen atoms in total. The summed E-state index contributed by atoms with van der Waals surface area (Å²) in [6, 6.07) is 0. The minimum absolute atomic E-state index is 0.463. The van der Waals surface area contributed by atoms with E-state index in [4.69, 9.17) is 11.6 Å². The van der Waals surface area contributed by atoms with Crippen LogP contribution in [-0.4, -0.2) is 16.1 Å². The number of nitrogens with zero attached hydrogens (tertiary/aromatic N) is 2. The first-order valence-corrected chi connectivity index (χ1v) is 4.31. The molecule has 1 aromatic heterocycles. The van der Waals surface area contributed by atoms with E-state index in [1.165, 1.54) is 0 Å². The maximum absolute atomic E-state index is 10.1. The van der Waals surface area contributed by atoms with Crippen LogP contribution < -0.4 is 0 Å². The van der Waals surface area contributed by atoms with E-state index in [1.54, 1.807) is 10.9 Å². The van der Waals surface area contributed by atoms with Crippen LogP contribution >= 0.6 is 11.6 Å². The van der Waals surface area contributed by atoms with Crippen molar-refractivity contribution in [1.82, 2.24) is 9.78 Å². The van der Waals surface area contributed by atoms with Gasteiger partial charge in [-0.05, 0) is 6.42 Å². The van der Waals surface area contributed by atoms with E-state index in [2.05, 4.69) is 5.10 Å². The van der Waals surface area contributed by atoms with Gasteiger partial charge in [-0.3, -0.25) is 4.68 Å². The molecule has 66 valence electrons. The number of aromatic nitrogens is 2. The smallest absolute Gasteiger partial charge is 0.130 e. The Morgan fingerprint density at radius 3 is 3.00 bits per heavy atom. The predicted molar refractivity (Wildman–Crippen MR) is 47.3 cm³/mol. The maximum Gasteiger partial charge on any atom is 0.130 e. The van der Waals surface area contributed by atoms with Crippen molar-refractivity contribution in [2.24, 2.45) is 0 Å². The third-order valence-corrected chi connectivity index (χ3v) is 2.12. The Labute approximate surface area is 76.3 Å². The molecule has 0 amide bonds. The molecule has 0 radical (unpaired) electrons. The number of hydrogen-bond donors (Lipinski definition) is 0. The van der Waals surface area contributed by atoms with E-state index < -0.39 is 0 Å². The fourth-order valence-corrected chi connectivity index (χ4v) is 1.29. The zero-order chi connectivity index (χ0) is 8.97. The Morgan fingerprint density at radius 2 is 2.50 bits per heavy atom. The molecule has 1 heterocycles. The average molecular weight is 187 g/mol. The lowest BCUT2D eigenvalue weighted by atomic mass is 10.3. The van der Waals surface area contributed by atoms with Gasteiger partial charge in [0.05, 0.1) is 6.20 Å². The Kier molecular flexibility index (Phi) is 3.29. The summed E-state index contributed by atoms with van der Waals surface area (Å²) in [6.07, 6.45) is 3.95. The lowest BCUT2D eigenvalue weighted by molar-refractivity contribution is -0.108. The van der Waals surface area contributed by atoms with Crippen LogP contribution in [0.2, 0.25) is 5.15 Å². The predicted octanol–water partition coefficient (Wildman–Crippen LogP) is 1.69. The zero-order valence-corrected chi connectivity index (χ0v) is 7.71. The Morgan fingerprint density at radius 1 is 1.75 bits per heavy atom. The van der Waals surface area contributed by atoms with Gasteiger partial charge in [0.1, 0.15) is 11.4 Å². The van der Waals surface area contributed by atoms with Crippen LogP contribution in [0.5, 0.6) is 0 Å². The number of hydrogen-bond acceptors (Lipinski definition) is 2. The maximum atomic E-state index is 10.1. The summed E-state index contributed by atoms with van der Waals surface area (Å²) in [4.78, 5) is 10.1. The normalized spacial score (nSPS) is 10.2. The average Bonchev–Trinajstić information content (AvgIpc) is 2.43. The summed E-state index contributed by atoms with van der Waals surface area (Å²) in [6.45, 7) is 2.59. The molecule has 0 atom stereocenters. The molecule has 1 aromatic rings. The molecule has 0 bridgehead atoms. The molecule has 0 fully saturated rings. The fraction of sp³-hybridized carbons (Fsp3) is 0.500. The summed E-state index contributed by atoms with van der Waals surface area (Å²) >= 11 is 5.94. The van der Waals surface area contributed by atoms with Gasteiger partial charge in [-0.25, -0.2) is 0 Å². The van der Waals surface area contributed by atoms with Gasteiger partial charge in [0.2, 0.25) is 0 Å². The van der Waals surface area contributed by atoms with Crippen molar-refractivity contribution < 1.29 is 4.79 Å². The molecule has 0 aliphatic rings. The Hall–Kier alpha value is -0.830. The summed E-state index contributed by atoms with van der Waals surface area (Å²) in [5.41, 5.74) is 1.03.